The summed E-state index contributed by atoms with van der Waals surface area (Å²) in [5, 5.41) is 0. The normalized spacial score (nSPS) is 14.9. The van der Waals surface area contributed by atoms with Crippen LogP contribution in [0.3, 0.4) is 0 Å². The van der Waals surface area contributed by atoms with Gasteiger partial charge >= 0.3 is 0 Å². The second kappa shape index (κ2) is 7.34. The lowest BCUT2D eigenvalue weighted by Gasteiger charge is -2.32. The molecule has 0 spiro atoms. The van der Waals surface area contributed by atoms with Crippen molar-refractivity contribution in [1.29, 1.82) is 0 Å². The van der Waals surface area contributed by atoms with Gasteiger partial charge in [-0.15, -0.1) is 0 Å². The van der Waals surface area contributed by atoms with Crippen LogP contribution in [-0.4, -0.2) is 25.5 Å². The Balaban J connectivity index is 4.25. The molecular formula is C12H28N2O2S. The third kappa shape index (κ3) is 5.36. The number of hydrazine groups is 1. The van der Waals surface area contributed by atoms with Crippen molar-refractivity contribution in [2.24, 2.45) is 5.84 Å². The fourth-order valence-electron chi connectivity index (χ4n) is 1.84. The molecule has 104 valence electrons. The van der Waals surface area contributed by atoms with Gasteiger partial charge in [-0.1, -0.05) is 39.0 Å². The van der Waals surface area contributed by atoms with Gasteiger partial charge in [-0.25, -0.2) is 8.42 Å². The summed E-state index contributed by atoms with van der Waals surface area (Å²) in [5.74, 6) is 5.48. The second-order valence-electron chi connectivity index (χ2n) is 5.30. The zero-order valence-electron chi connectivity index (χ0n) is 11.6. The Kier molecular flexibility index (Phi) is 7.28. The molecule has 3 N–H and O–H groups in total. The van der Waals surface area contributed by atoms with Crippen LogP contribution >= 0.6 is 0 Å². The van der Waals surface area contributed by atoms with Gasteiger partial charge < -0.3 is 0 Å². The lowest BCUT2D eigenvalue weighted by Crippen LogP contribution is -2.53. The molecule has 0 aromatic carbocycles. The summed E-state index contributed by atoms with van der Waals surface area (Å²) in [6.45, 7) is 5.65. The molecule has 0 radical (unpaired) electrons. The van der Waals surface area contributed by atoms with E-state index in [4.69, 9.17) is 5.84 Å². The Bertz CT molecular complexity index is 300. The number of nitrogens with two attached hydrogens (primary N) is 1. The Morgan fingerprint density at radius 2 is 1.71 bits per heavy atom. The summed E-state index contributed by atoms with van der Waals surface area (Å²) in [6.07, 6.45) is 7.92. The maximum absolute atomic E-state index is 11.7. The van der Waals surface area contributed by atoms with Gasteiger partial charge in [0.2, 0.25) is 0 Å². The minimum atomic E-state index is -3.10. The first kappa shape index (κ1) is 16.9. The molecular weight excluding hydrogens is 236 g/mol. The van der Waals surface area contributed by atoms with Crippen LogP contribution < -0.4 is 11.3 Å². The van der Waals surface area contributed by atoms with E-state index in [1.54, 1.807) is 13.8 Å². The van der Waals surface area contributed by atoms with Crippen LogP contribution in [0.5, 0.6) is 0 Å². The van der Waals surface area contributed by atoms with E-state index in [2.05, 4.69) is 12.3 Å². The van der Waals surface area contributed by atoms with Crippen LogP contribution in [-0.2, 0) is 9.84 Å². The average Bonchev–Trinajstić information content (AvgIpc) is 2.21. The van der Waals surface area contributed by atoms with Crippen LogP contribution in [0.4, 0.5) is 0 Å². The highest BCUT2D eigenvalue weighted by molar-refractivity contribution is 7.92. The number of rotatable bonds is 9. The van der Waals surface area contributed by atoms with Crippen molar-refractivity contribution in [3.63, 3.8) is 0 Å². The summed E-state index contributed by atoms with van der Waals surface area (Å²) in [4.78, 5) is 0. The average molecular weight is 264 g/mol. The first-order valence-electron chi connectivity index (χ1n) is 6.43. The number of hydrogen-bond donors (Lipinski definition) is 2. The maximum Gasteiger partial charge on any atom is 0.154 e. The standard InChI is InChI=1S/C12H28N2O2S/c1-5-6-7-8-9-10-11(14-13)12(2,3)17(4,15)16/h11,14H,5-10,13H2,1-4H3. The molecule has 0 aliphatic heterocycles. The van der Waals surface area contributed by atoms with E-state index in [0.29, 0.717) is 0 Å². The minimum Gasteiger partial charge on any atom is -0.271 e. The lowest BCUT2D eigenvalue weighted by molar-refractivity contribution is 0.380. The quantitative estimate of drug-likeness (QED) is 0.379. The van der Waals surface area contributed by atoms with Crippen LogP contribution in [0.2, 0.25) is 0 Å². The molecule has 0 aromatic rings. The molecule has 0 saturated heterocycles. The van der Waals surface area contributed by atoms with Gasteiger partial charge in [0.05, 0.1) is 4.75 Å². The molecule has 0 fully saturated rings. The molecule has 0 aliphatic carbocycles. The zero-order chi connectivity index (χ0) is 13.5. The molecule has 5 heteroatoms. The number of nitrogens with one attached hydrogen (secondary N) is 1. The Labute approximate surface area is 106 Å². The molecule has 0 rings (SSSR count). The minimum absolute atomic E-state index is 0.181. The third-order valence-electron chi connectivity index (χ3n) is 3.59. The molecule has 0 heterocycles. The van der Waals surface area contributed by atoms with Gasteiger partial charge in [-0.2, -0.15) is 0 Å². The van der Waals surface area contributed by atoms with Gasteiger partial charge in [-0.3, -0.25) is 11.3 Å². The number of sulfone groups is 1. The Morgan fingerprint density at radius 1 is 1.18 bits per heavy atom. The van der Waals surface area contributed by atoms with Crippen LogP contribution in [0.1, 0.15) is 59.3 Å². The Hall–Kier alpha value is -0.130. The van der Waals surface area contributed by atoms with Crippen LogP contribution in [0.15, 0.2) is 0 Å². The monoisotopic (exact) mass is 264 g/mol. The molecule has 0 saturated carbocycles. The van der Waals surface area contributed by atoms with Gasteiger partial charge in [0.1, 0.15) is 0 Å². The van der Waals surface area contributed by atoms with Crippen LogP contribution in [0, 0.1) is 0 Å². The first-order chi connectivity index (χ1) is 7.77. The summed E-state index contributed by atoms with van der Waals surface area (Å²) in [7, 11) is -3.10. The highest BCUT2D eigenvalue weighted by atomic mass is 32.2. The number of unbranched alkanes of at least 4 members (excludes halogenated alkanes) is 4. The van der Waals surface area contributed by atoms with E-state index in [0.717, 1.165) is 19.3 Å². The summed E-state index contributed by atoms with van der Waals surface area (Å²) in [6, 6.07) is -0.181. The SMILES string of the molecule is CCCCCCCC(NN)C(C)(C)S(C)(=O)=O. The van der Waals surface area contributed by atoms with E-state index >= 15 is 0 Å². The summed E-state index contributed by atoms with van der Waals surface area (Å²) in [5.41, 5.74) is 2.66. The highest BCUT2D eigenvalue weighted by Gasteiger charge is 2.37. The Morgan fingerprint density at radius 3 is 2.12 bits per heavy atom. The molecule has 4 nitrogen and oxygen atoms in total. The lowest BCUT2D eigenvalue weighted by atomic mass is 9.97. The summed E-state index contributed by atoms with van der Waals surface area (Å²) >= 11 is 0. The van der Waals surface area contributed by atoms with Crippen molar-refractivity contribution in [2.45, 2.75) is 70.1 Å². The predicted molar refractivity (Wildman–Crippen MR) is 73.4 cm³/mol. The van der Waals surface area contributed by atoms with Crippen molar-refractivity contribution in [3.8, 4) is 0 Å². The van der Waals surface area contributed by atoms with Gasteiger partial charge in [0.15, 0.2) is 9.84 Å². The van der Waals surface area contributed by atoms with Crippen molar-refractivity contribution < 1.29 is 8.42 Å². The molecule has 1 unspecified atom stereocenters. The second-order valence-corrected chi connectivity index (χ2v) is 7.89. The number of hydrogen-bond acceptors (Lipinski definition) is 4. The van der Waals surface area contributed by atoms with Gasteiger partial charge in [0.25, 0.3) is 0 Å². The molecule has 0 aliphatic rings. The highest BCUT2D eigenvalue weighted by Crippen LogP contribution is 2.23. The van der Waals surface area contributed by atoms with E-state index < -0.39 is 14.6 Å². The molecule has 0 bridgehead atoms. The molecule has 1 atom stereocenters. The van der Waals surface area contributed by atoms with E-state index in [9.17, 15) is 8.42 Å². The van der Waals surface area contributed by atoms with Crippen molar-refractivity contribution in [2.75, 3.05) is 6.26 Å². The fourth-order valence-corrected chi connectivity index (χ4v) is 2.54. The maximum atomic E-state index is 11.7. The van der Waals surface area contributed by atoms with Gasteiger partial charge in [0, 0.05) is 12.3 Å². The van der Waals surface area contributed by atoms with Crippen molar-refractivity contribution in [1.82, 2.24) is 5.43 Å². The predicted octanol–water partition coefficient (Wildman–Crippen LogP) is 2.00. The fraction of sp³-hybridized carbons (Fsp3) is 1.00. The third-order valence-corrected chi connectivity index (χ3v) is 5.79. The van der Waals surface area contributed by atoms with E-state index in [1.165, 1.54) is 25.5 Å². The topological polar surface area (TPSA) is 72.2 Å². The van der Waals surface area contributed by atoms with Crippen molar-refractivity contribution >= 4 is 9.84 Å². The van der Waals surface area contributed by atoms with E-state index in [-0.39, 0.29) is 6.04 Å². The van der Waals surface area contributed by atoms with E-state index in [1.807, 2.05) is 0 Å². The smallest absolute Gasteiger partial charge is 0.154 e. The first-order valence-corrected chi connectivity index (χ1v) is 8.32. The molecule has 0 aromatic heterocycles. The molecule has 17 heavy (non-hydrogen) atoms. The zero-order valence-corrected chi connectivity index (χ0v) is 12.4. The van der Waals surface area contributed by atoms with Crippen LogP contribution in [0.25, 0.3) is 0 Å². The largest absolute Gasteiger partial charge is 0.271 e. The van der Waals surface area contributed by atoms with Crippen molar-refractivity contribution in [3.05, 3.63) is 0 Å². The summed E-state index contributed by atoms with van der Waals surface area (Å²) < 4.78 is 22.6. The molecule has 0 amide bonds. The van der Waals surface area contributed by atoms with Gasteiger partial charge in [-0.05, 0) is 20.3 Å².